The molecule has 2 aliphatic rings. The number of nitriles is 1. The van der Waals surface area contributed by atoms with Crippen LogP contribution in [0.2, 0.25) is 0 Å². The van der Waals surface area contributed by atoms with Gasteiger partial charge >= 0.3 is 0 Å². The monoisotopic (exact) mass is 687 g/mol. The Labute approximate surface area is 284 Å². The molecule has 4 aromatic rings. The fourth-order valence-electron chi connectivity index (χ4n) is 6.51. The van der Waals surface area contributed by atoms with Crippen LogP contribution in [0.4, 0.5) is 10.2 Å². The fraction of sp³-hybridized carbons (Fsp3) is 0.382. The first kappa shape index (κ1) is 34.0. The standard InChI is InChI=1S/C34H38FN9O4S/c1-34(2,42-14-16-43(17-15-42)49(3,46)47)19-23(20-36)33(45)41-13-7-8-24(21-41)44-32-29(31(37)38-22-39-32)30(40-44)27-12-11-26(18-28(27)35)48-25-9-5-4-6-10-25/h4-6,9-12,18-19,22,24H,7-8,13-17,21H2,1-3H3,(H2,37,38,39)/b23-19+/t24-/m1/s1. The van der Waals surface area contributed by atoms with Crippen LogP contribution in [-0.2, 0) is 14.8 Å². The van der Waals surface area contributed by atoms with Gasteiger partial charge in [0.25, 0.3) is 5.91 Å². The topological polar surface area (TPSA) is 164 Å². The number of hydrogen-bond acceptors (Lipinski definition) is 10. The summed E-state index contributed by atoms with van der Waals surface area (Å²) in [5.41, 5.74) is 6.52. The van der Waals surface area contributed by atoms with Crippen LogP contribution < -0.4 is 10.5 Å². The first-order valence-corrected chi connectivity index (χ1v) is 17.8. The molecule has 0 bridgehead atoms. The average Bonchev–Trinajstić information content (AvgIpc) is 3.48. The van der Waals surface area contributed by atoms with E-state index in [4.69, 9.17) is 15.6 Å². The highest BCUT2D eigenvalue weighted by molar-refractivity contribution is 7.88. The van der Waals surface area contributed by atoms with E-state index in [2.05, 4.69) is 20.9 Å². The van der Waals surface area contributed by atoms with Crippen molar-refractivity contribution in [2.45, 2.75) is 38.3 Å². The van der Waals surface area contributed by atoms with E-state index in [1.807, 2.05) is 32.0 Å². The van der Waals surface area contributed by atoms with Gasteiger partial charge in [-0.05, 0) is 57.0 Å². The van der Waals surface area contributed by atoms with E-state index in [9.17, 15) is 18.5 Å². The van der Waals surface area contributed by atoms with E-state index >= 15 is 4.39 Å². The summed E-state index contributed by atoms with van der Waals surface area (Å²) in [6.45, 7) is 6.13. The highest BCUT2D eigenvalue weighted by atomic mass is 32.2. The fourth-order valence-corrected chi connectivity index (χ4v) is 7.33. The van der Waals surface area contributed by atoms with Gasteiger partial charge in [-0.25, -0.2) is 27.5 Å². The minimum absolute atomic E-state index is 0.00802. The summed E-state index contributed by atoms with van der Waals surface area (Å²) in [6, 6.07) is 15.4. The molecule has 1 atom stereocenters. The number of sulfonamides is 1. The van der Waals surface area contributed by atoms with Crippen molar-refractivity contribution < 1.29 is 22.3 Å². The predicted molar refractivity (Wildman–Crippen MR) is 182 cm³/mol. The molecule has 0 spiro atoms. The van der Waals surface area contributed by atoms with Gasteiger partial charge in [0.15, 0.2) is 5.65 Å². The molecule has 2 N–H and O–H groups in total. The second-order valence-electron chi connectivity index (χ2n) is 12.8. The molecule has 0 unspecified atom stereocenters. The molecule has 13 nitrogen and oxygen atoms in total. The zero-order chi connectivity index (χ0) is 34.9. The maximum absolute atomic E-state index is 15.7. The number of para-hydroxylation sites is 1. The lowest BCUT2D eigenvalue weighted by Crippen LogP contribution is -2.55. The number of hydrogen-bond donors (Lipinski definition) is 1. The number of piperidine rings is 1. The molecule has 6 rings (SSSR count). The summed E-state index contributed by atoms with van der Waals surface area (Å²) >= 11 is 0. The number of ether oxygens (including phenoxy) is 1. The second-order valence-corrected chi connectivity index (χ2v) is 14.8. The number of amides is 1. The molecule has 4 heterocycles. The first-order valence-electron chi connectivity index (χ1n) is 16.0. The Morgan fingerprint density at radius 2 is 1.82 bits per heavy atom. The molecule has 0 aliphatic carbocycles. The van der Waals surface area contributed by atoms with Crippen molar-refractivity contribution in [3.63, 3.8) is 0 Å². The maximum atomic E-state index is 15.7. The number of rotatable bonds is 8. The van der Waals surface area contributed by atoms with E-state index in [1.54, 1.807) is 39.9 Å². The van der Waals surface area contributed by atoms with E-state index in [1.165, 1.54) is 23.0 Å². The van der Waals surface area contributed by atoms with E-state index < -0.39 is 27.3 Å². The van der Waals surface area contributed by atoms with Crippen molar-refractivity contribution >= 4 is 32.8 Å². The molecule has 2 aliphatic heterocycles. The molecule has 256 valence electrons. The zero-order valence-corrected chi connectivity index (χ0v) is 28.4. The van der Waals surface area contributed by atoms with Gasteiger partial charge in [-0.15, -0.1) is 0 Å². The molecule has 0 radical (unpaired) electrons. The number of fused-ring (bicyclic) bond motifs is 1. The lowest BCUT2D eigenvalue weighted by Gasteiger charge is -2.42. The van der Waals surface area contributed by atoms with E-state index in [-0.39, 0.29) is 35.2 Å². The molecule has 49 heavy (non-hydrogen) atoms. The van der Waals surface area contributed by atoms with Gasteiger partial charge in [-0.1, -0.05) is 18.2 Å². The van der Waals surface area contributed by atoms with Gasteiger partial charge in [0, 0.05) is 56.4 Å². The quantitative estimate of drug-likeness (QED) is 0.212. The van der Waals surface area contributed by atoms with Crippen molar-refractivity contribution in [1.82, 2.24) is 33.9 Å². The van der Waals surface area contributed by atoms with Crippen molar-refractivity contribution in [2.24, 2.45) is 0 Å². The average molecular weight is 688 g/mol. The number of carbonyl (C=O) groups excluding carboxylic acids is 1. The molecule has 1 amide bonds. The van der Waals surface area contributed by atoms with Crippen LogP contribution in [-0.4, -0.2) is 99.2 Å². The number of halogens is 1. The molecule has 2 saturated heterocycles. The van der Waals surface area contributed by atoms with Gasteiger partial charge in [0.1, 0.15) is 46.8 Å². The maximum Gasteiger partial charge on any atom is 0.264 e. The number of piperazine rings is 1. The number of anilines is 1. The Hall–Kier alpha value is -4.91. The normalized spacial score (nSPS) is 18.4. The van der Waals surface area contributed by atoms with Crippen LogP contribution in [0.5, 0.6) is 11.5 Å². The molecule has 2 fully saturated rings. The molecule has 2 aromatic carbocycles. The smallest absolute Gasteiger partial charge is 0.264 e. The third-order valence-corrected chi connectivity index (χ3v) is 10.4. The number of nitrogen functional groups attached to an aromatic ring is 1. The van der Waals surface area contributed by atoms with Crippen LogP contribution in [0.1, 0.15) is 32.7 Å². The van der Waals surface area contributed by atoms with Crippen LogP contribution in [0, 0.1) is 17.1 Å². The summed E-state index contributed by atoms with van der Waals surface area (Å²) in [6.07, 6.45) is 5.49. The summed E-state index contributed by atoms with van der Waals surface area (Å²) in [4.78, 5) is 26.1. The predicted octanol–water partition coefficient (Wildman–Crippen LogP) is 3.98. The van der Waals surface area contributed by atoms with Crippen molar-refractivity contribution in [1.29, 1.82) is 5.26 Å². The SMILES string of the molecule is CC(C)(/C=C(\C#N)C(=O)N1CCC[C@@H](n2nc(-c3ccc(Oc4ccccc4)cc3F)c3c(N)ncnc32)C1)N1CCN(S(C)(=O)=O)CC1. The number of likely N-dealkylation sites (tertiary alicyclic amines) is 1. The van der Waals surface area contributed by atoms with Gasteiger partial charge < -0.3 is 15.4 Å². The third kappa shape index (κ3) is 7.12. The molecule has 0 saturated carbocycles. The highest BCUT2D eigenvalue weighted by Gasteiger charge is 2.34. The Bertz CT molecular complexity index is 2050. The number of nitrogens with zero attached hydrogens (tertiary/aromatic N) is 8. The third-order valence-electron chi connectivity index (χ3n) is 9.09. The largest absolute Gasteiger partial charge is 0.457 e. The zero-order valence-electron chi connectivity index (χ0n) is 27.6. The number of benzene rings is 2. The van der Waals surface area contributed by atoms with Gasteiger partial charge in [0.05, 0.1) is 17.7 Å². The second kappa shape index (κ2) is 13.5. The van der Waals surface area contributed by atoms with E-state index in [0.717, 1.165) is 0 Å². The summed E-state index contributed by atoms with van der Waals surface area (Å²) in [5.74, 6) is 0.0772. The van der Waals surface area contributed by atoms with Gasteiger partial charge in [-0.2, -0.15) is 14.7 Å². The van der Waals surface area contributed by atoms with Crippen LogP contribution in [0.15, 0.2) is 66.5 Å². The number of nitrogens with two attached hydrogens (primary N) is 1. The summed E-state index contributed by atoms with van der Waals surface area (Å²) in [5, 5.41) is 15.3. The van der Waals surface area contributed by atoms with Crippen LogP contribution >= 0.6 is 0 Å². The summed E-state index contributed by atoms with van der Waals surface area (Å²) < 4.78 is 48.5. The first-order chi connectivity index (χ1) is 23.4. The minimum atomic E-state index is -3.29. The Balaban J connectivity index is 1.24. The van der Waals surface area contributed by atoms with Crippen molar-refractivity contribution in [3.8, 4) is 28.8 Å². The molecular weight excluding hydrogens is 649 g/mol. The number of aromatic nitrogens is 4. The molecule has 15 heteroatoms. The number of carbonyl (C=O) groups is 1. The lowest BCUT2D eigenvalue weighted by molar-refractivity contribution is -0.128. The van der Waals surface area contributed by atoms with Crippen LogP contribution in [0.3, 0.4) is 0 Å². The Morgan fingerprint density at radius 3 is 2.49 bits per heavy atom. The summed E-state index contributed by atoms with van der Waals surface area (Å²) in [7, 11) is -3.29. The van der Waals surface area contributed by atoms with Crippen molar-refractivity contribution in [2.75, 3.05) is 51.3 Å². The minimum Gasteiger partial charge on any atom is -0.457 e. The van der Waals surface area contributed by atoms with Crippen molar-refractivity contribution in [3.05, 3.63) is 72.3 Å². The van der Waals surface area contributed by atoms with Gasteiger partial charge in [-0.3, -0.25) is 9.69 Å². The molecule has 2 aromatic heterocycles. The Kier molecular flexibility index (Phi) is 9.39. The van der Waals surface area contributed by atoms with E-state index in [0.29, 0.717) is 68.1 Å². The van der Waals surface area contributed by atoms with Crippen LogP contribution in [0.25, 0.3) is 22.3 Å². The lowest BCUT2D eigenvalue weighted by atomic mass is 9.97. The Morgan fingerprint density at radius 1 is 1.08 bits per heavy atom. The highest BCUT2D eigenvalue weighted by Crippen LogP contribution is 2.36. The molecular formula is C34H38FN9O4S. The van der Waals surface area contributed by atoms with Gasteiger partial charge in [0.2, 0.25) is 10.0 Å².